The number of anilines is 2. The van der Waals surface area contributed by atoms with Gasteiger partial charge in [-0.2, -0.15) is 0 Å². The molecule has 0 aliphatic carbocycles. The van der Waals surface area contributed by atoms with E-state index < -0.39 is 0 Å². The maximum Gasteiger partial charge on any atom is 0.140 e. The fourth-order valence-electron chi connectivity index (χ4n) is 3.09. The normalized spacial score (nSPS) is 15.2. The van der Waals surface area contributed by atoms with Crippen molar-refractivity contribution in [2.45, 2.75) is 20.3 Å². The molecule has 0 unspecified atom stereocenters. The molecule has 3 aromatic heterocycles. The van der Waals surface area contributed by atoms with Gasteiger partial charge in [0, 0.05) is 37.3 Å². The van der Waals surface area contributed by atoms with E-state index in [2.05, 4.69) is 42.7 Å². The van der Waals surface area contributed by atoms with Crippen molar-refractivity contribution in [3.63, 3.8) is 0 Å². The van der Waals surface area contributed by atoms with E-state index in [0.29, 0.717) is 0 Å². The standard InChI is InChI=1S/C17H20N6S/c1-3-13-10-14-16(19-11-20-17(14)24-13)23-8-6-22(7-9-23)15-4-5-18-12(2)21-15/h4-5,10-11H,3,6-9H2,1-2H3. The first-order chi connectivity index (χ1) is 11.7. The highest BCUT2D eigenvalue weighted by molar-refractivity contribution is 7.18. The molecule has 1 fully saturated rings. The highest BCUT2D eigenvalue weighted by Crippen LogP contribution is 2.31. The first kappa shape index (κ1) is 15.3. The van der Waals surface area contributed by atoms with Crippen LogP contribution >= 0.6 is 11.3 Å². The molecule has 0 radical (unpaired) electrons. The minimum absolute atomic E-state index is 0.817. The monoisotopic (exact) mass is 340 g/mol. The Morgan fingerprint density at radius 1 is 1.08 bits per heavy atom. The summed E-state index contributed by atoms with van der Waals surface area (Å²) in [6.07, 6.45) is 4.56. The van der Waals surface area contributed by atoms with Gasteiger partial charge in [0.1, 0.15) is 28.6 Å². The molecule has 3 aromatic rings. The maximum absolute atomic E-state index is 4.57. The van der Waals surface area contributed by atoms with Gasteiger partial charge in [-0.3, -0.25) is 0 Å². The summed E-state index contributed by atoms with van der Waals surface area (Å²) in [7, 11) is 0. The molecule has 6 nitrogen and oxygen atoms in total. The van der Waals surface area contributed by atoms with Gasteiger partial charge in [0.25, 0.3) is 0 Å². The van der Waals surface area contributed by atoms with Crippen molar-refractivity contribution in [1.82, 2.24) is 19.9 Å². The Morgan fingerprint density at radius 2 is 1.88 bits per heavy atom. The Bertz CT molecular complexity index is 853. The van der Waals surface area contributed by atoms with Crippen molar-refractivity contribution in [3.8, 4) is 0 Å². The Hall–Kier alpha value is -2.28. The van der Waals surface area contributed by atoms with Gasteiger partial charge in [-0.15, -0.1) is 11.3 Å². The molecule has 0 atom stereocenters. The lowest BCUT2D eigenvalue weighted by molar-refractivity contribution is 0.641. The van der Waals surface area contributed by atoms with Crippen LogP contribution in [0.25, 0.3) is 10.2 Å². The molecule has 0 saturated carbocycles. The zero-order valence-electron chi connectivity index (χ0n) is 13.9. The summed E-state index contributed by atoms with van der Waals surface area (Å²) in [6.45, 7) is 7.86. The van der Waals surface area contributed by atoms with Crippen LogP contribution in [0.3, 0.4) is 0 Å². The molecule has 0 bridgehead atoms. The molecule has 4 rings (SSSR count). The smallest absolute Gasteiger partial charge is 0.140 e. The van der Waals surface area contributed by atoms with Crippen LogP contribution in [0.2, 0.25) is 0 Å². The Morgan fingerprint density at radius 3 is 2.62 bits per heavy atom. The fourth-order valence-corrected chi connectivity index (χ4v) is 4.02. The molecule has 1 saturated heterocycles. The van der Waals surface area contributed by atoms with E-state index in [4.69, 9.17) is 0 Å². The Kier molecular flexibility index (Phi) is 4.02. The van der Waals surface area contributed by atoms with E-state index in [0.717, 1.165) is 54.9 Å². The average molecular weight is 340 g/mol. The van der Waals surface area contributed by atoms with Gasteiger partial charge in [0.2, 0.25) is 0 Å². The van der Waals surface area contributed by atoms with Crippen LogP contribution in [0.4, 0.5) is 11.6 Å². The van der Waals surface area contributed by atoms with Crippen LogP contribution in [0.5, 0.6) is 0 Å². The Labute approximate surface area is 145 Å². The van der Waals surface area contributed by atoms with Crippen molar-refractivity contribution in [2.75, 3.05) is 36.0 Å². The molecular weight excluding hydrogens is 320 g/mol. The quantitative estimate of drug-likeness (QED) is 0.731. The van der Waals surface area contributed by atoms with Gasteiger partial charge in [-0.25, -0.2) is 19.9 Å². The van der Waals surface area contributed by atoms with Crippen molar-refractivity contribution in [1.29, 1.82) is 0 Å². The number of thiophene rings is 1. The topological polar surface area (TPSA) is 58.0 Å². The van der Waals surface area contributed by atoms with Crippen molar-refractivity contribution < 1.29 is 0 Å². The first-order valence-corrected chi connectivity index (χ1v) is 9.09. The van der Waals surface area contributed by atoms with Crippen molar-refractivity contribution >= 4 is 33.2 Å². The molecule has 0 aromatic carbocycles. The number of nitrogens with zero attached hydrogens (tertiary/aromatic N) is 6. The van der Waals surface area contributed by atoms with Crippen LogP contribution in [-0.4, -0.2) is 46.1 Å². The van der Waals surface area contributed by atoms with Crippen LogP contribution in [0.15, 0.2) is 24.7 Å². The minimum Gasteiger partial charge on any atom is -0.353 e. The van der Waals surface area contributed by atoms with Crippen LogP contribution in [0.1, 0.15) is 17.6 Å². The zero-order valence-corrected chi connectivity index (χ0v) is 14.8. The number of rotatable bonds is 3. The summed E-state index contributed by atoms with van der Waals surface area (Å²) < 4.78 is 0. The van der Waals surface area contributed by atoms with Gasteiger partial charge >= 0.3 is 0 Å². The van der Waals surface area contributed by atoms with Crippen molar-refractivity contribution in [3.05, 3.63) is 35.4 Å². The largest absolute Gasteiger partial charge is 0.353 e. The van der Waals surface area contributed by atoms with Gasteiger partial charge in [0.15, 0.2) is 0 Å². The van der Waals surface area contributed by atoms with Gasteiger partial charge in [-0.1, -0.05) is 6.92 Å². The minimum atomic E-state index is 0.817. The van der Waals surface area contributed by atoms with E-state index in [1.54, 1.807) is 17.7 Å². The summed E-state index contributed by atoms with van der Waals surface area (Å²) in [4.78, 5) is 24.8. The third-order valence-electron chi connectivity index (χ3n) is 4.37. The van der Waals surface area contributed by atoms with Gasteiger partial charge in [0.05, 0.1) is 5.39 Å². The van der Waals surface area contributed by atoms with Gasteiger partial charge in [-0.05, 0) is 25.5 Å². The zero-order chi connectivity index (χ0) is 16.5. The molecule has 7 heteroatoms. The maximum atomic E-state index is 4.57. The average Bonchev–Trinajstić information content (AvgIpc) is 3.05. The number of hydrogen-bond donors (Lipinski definition) is 0. The predicted octanol–water partition coefficient (Wildman–Crippen LogP) is 2.68. The second kappa shape index (κ2) is 6.32. The summed E-state index contributed by atoms with van der Waals surface area (Å²) >= 11 is 1.77. The Balaban J connectivity index is 1.55. The third-order valence-corrected chi connectivity index (χ3v) is 5.56. The van der Waals surface area contributed by atoms with E-state index in [1.165, 1.54) is 10.3 Å². The molecule has 124 valence electrons. The van der Waals surface area contributed by atoms with E-state index >= 15 is 0 Å². The lowest BCUT2D eigenvalue weighted by Crippen LogP contribution is -2.47. The van der Waals surface area contributed by atoms with E-state index in [1.807, 2.05) is 19.2 Å². The molecule has 1 aliphatic rings. The van der Waals surface area contributed by atoms with Crippen molar-refractivity contribution in [2.24, 2.45) is 0 Å². The highest BCUT2D eigenvalue weighted by atomic mass is 32.1. The predicted molar refractivity (Wildman–Crippen MR) is 98.0 cm³/mol. The third kappa shape index (κ3) is 2.80. The number of aryl methyl sites for hydroxylation is 2. The van der Waals surface area contributed by atoms with Crippen LogP contribution < -0.4 is 9.80 Å². The summed E-state index contributed by atoms with van der Waals surface area (Å²) in [5.41, 5.74) is 0. The summed E-state index contributed by atoms with van der Waals surface area (Å²) in [5.74, 6) is 2.89. The van der Waals surface area contributed by atoms with Crippen LogP contribution in [0, 0.1) is 6.92 Å². The molecule has 4 heterocycles. The SMILES string of the molecule is CCc1cc2c(N3CCN(c4ccnc(C)n4)CC3)ncnc2s1. The van der Waals surface area contributed by atoms with Crippen LogP contribution in [-0.2, 0) is 6.42 Å². The molecule has 0 amide bonds. The second-order valence-electron chi connectivity index (χ2n) is 5.92. The molecule has 1 aliphatic heterocycles. The molecule has 24 heavy (non-hydrogen) atoms. The number of aromatic nitrogens is 4. The van der Waals surface area contributed by atoms with Gasteiger partial charge < -0.3 is 9.80 Å². The summed E-state index contributed by atoms with van der Waals surface area (Å²) in [6, 6.07) is 4.23. The number of hydrogen-bond acceptors (Lipinski definition) is 7. The lowest BCUT2D eigenvalue weighted by atomic mass is 10.2. The lowest BCUT2D eigenvalue weighted by Gasteiger charge is -2.36. The van der Waals surface area contributed by atoms with E-state index in [-0.39, 0.29) is 0 Å². The number of fused-ring (bicyclic) bond motifs is 1. The molecule has 0 N–H and O–H groups in total. The second-order valence-corrected chi connectivity index (χ2v) is 7.03. The fraction of sp³-hybridized carbons (Fsp3) is 0.412. The highest BCUT2D eigenvalue weighted by Gasteiger charge is 2.21. The number of piperazine rings is 1. The molecule has 0 spiro atoms. The summed E-state index contributed by atoms with van der Waals surface area (Å²) in [5, 5.41) is 1.19. The first-order valence-electron chi connectivity index (χ1n) is 8.27. The van der Waals surface area contributed by atoms with E-state index in [9.17, 15) is 0 Å². The molecular formula is C17H20N6S.